The van der Waals surface area contributed by atoms with E-state index in [4.69, 9.17) is 0 Å². The van der Waals surface area contributed by atoms with Gasteiger partial charge in [-0.1, -0.05) is 36.4 Å². The van der Waals surface area contributed by atoms with Crippen molar-refractivity contribution in [2.24, 2.45) is 0 Å². The van der Waals surface area contributed by atoms with E-state index in [1.54, 1.807) is 6.20 Å². The van der Waals surface area contributed by atoms with Crippen LogP contribution in [0.15, 0.2) is 66.9 Å². The number of hydrogen-bond donors (Lipinski definition) is 1. The van der Waals surface area contributed by atoms with Crippen molar-refractivity contribution < 1.29 is 4.79 Å². The molecule has 4 nitrogen and oxygen atoms in total. The molecular weight excluding hydrogens is 298 g/mol. The number of nitrogens with one attached hydrogen (secondary N) is 1. The minimum atomic E-state index is -0.0902. The highest BCUT2D eigenvalue weighted by atomic mass is 16.1. The van der Waals surface area contributed by atoms with Gasteiger partial charge >= 0.3 is 0 Å². The number of hydrogen-bond acceptors (Lipinski definition) is 3. The van der Waals surface area contributed by atoms with E-state index < -0.39 is 0 Å². The van der Waals surface area contributed by atoms with Crippen LogP contribution in [0.3, 0.4) is 0 Å². The Balaban J connectivity index is 1.69. The fourth-order valence-corrected chi connectivity index (χ4v) is 2.68. The lowest BCUT2D eigenvalue weighted by atomic mass is 10.1. The number of rotatable bonds is 5. The third-order valence-corrected chi connectivity index (χ3v) is 4.26. The van der Waals surface area contributed by atoms with Crippen molar-refractivity contribution in [1.29, 1.82) is 0 Å². The molecule has 3 aromatic rings. The second-order valence-corrected chi connectivity index (χ2v) is 5.89. The third-order valence-electron chi connectivity index (χ3n) is 4.26. The molecule has 122 valence electrons. The van der Waals surface area contributed by atoms with E-state index in [2.05, 4.69) is 34.3 Å². The molecule has 1 heterocycles. The van der Waals surface area contributed by atoms with Gasteiger partial charge in [0.25, 0.3) is 5.91 Å². The maximum absolute atomic E-state index is 12.6. The number of carbonyl (C=O) groups excluding carboxylic acids is 1. The molecule has 0 unspecified atom stereocenters. The molecule has 2 aromatic carbocycles. The minimum absolute atomic E-state index is 0.0902. The number of carbonyl (C=O) groups is 1. The maximum Gasteiger partial charge on any atom is 0.253 e. The van der Waals surface area contributed by atoms with Crippen molar-refractivity contribution in [3.05, 3.63) is 72.4 Å². The van der Waals surface area contributed by atoms with Gasteiger partial charge in [-0.25, -0.2) is 0 Å². The highest BCUT2D eigenvalue weighted by Crippen LogP contribution is 2.16. The molecule has 24 heavy (non-hydrogen) atoms. The number of pyridine rings is 1. The largest absolute Gasteiger partial charge is 0.370 e. The molecular formula is C20H21N3O. The van der Waals surface area contributed by atoms with Gasteiger partial charge in [0.1, 0.15) is 0 Å². The van der Waals surface area contributed by atoms with Crippen LogP contribution >= 0.6 is 0 Å². The van der Waals surface area contributed by atoms with Crippen molar-refractivity contribution >= 4 is 22.5 Å². The number of likely N-dealkylation sites (N-methyl/N-ethyl adjacent to an activating group) is 1. The highest BCUT2D eigenvalue weighted by molar-refractivity contribution is 6.05. The number of para-hydroxylation sites is 2. The van der Waals surface area contributed by atoms with E-state index in [0.717, 1.165) is 16.6 Å². The second kappa shape index (κ2) is 7.13. The van der Waals surface area contributed by atoms with Gasteiger partial charge in [0.2, 0.25) is 0 Å². The maximum atomic E-state index is 12.6. The van der Waals surface area contributed by atoms with Crippen LogP contribution in [0, 0.1) is 0 Å². The lowest BCUT2D eigenvalue weighted by Gasteiger charge is -2.27. The van der Waals surface area contributed by atoms with Crippen LogP contribution in [0.25, 0.3) is 10.9 Å². The Hall–Kier alpha value is -2.88. The molecule has 0 aliphatic heterocycles. The number of aromatic nitrogens is 1. The molecule has 1 atom stereocenters. The summed E-state index contributed by atoms with van der Waals surface area (Å²) in [5.74, 6) is -0.0902. The molecule has 0 saturated heterocycles. The second-order valence-electron chi connectivity index (χ2n) is 5.89. The number of nitrogens with zero attached hydrogens (tertiary/aromatic N) is 2. The molecule has 0 spiro atoms. The number of benzene rings is 2. The average molecular weight is 319 g/mol. The Kier molecular flexibility index (Phi) is 4.75. The molecule has 4 heteroatoms. The smallest absolute Gasteiger partial charge is 0.253 e. The fourth-order valence-electron chi connectivity index (χ4n) is 2.68. The zero-order chi connectivity index (χ0) is 16.9. The molecule has 3 rings (SSSR count). The summed E-state index contributed by atoms with van der Waals surface area (Å²) in [5.41, 5.74) is 2.48. The molecule has 0 aliphatic carbocycles. The zero-order valence-corrected chi connectivity index (χ0v) is 13.9. The van der Waals surface area contributed by atoms with Crippen molar-refractivity contribution in [2.45, 2.75) is 13.0 Å². The standard InChI is InChI=1S/C20H21N3O/c1-15(23(2)17-10-4-3-5-11-17)14-22-20(24)18-12-6-8-16-9-7-13-21-19(16)18/h3-13,15H,14H2,1-2H3,(H,22,24)/t15-/m1/s1. The van der Waals surface area contributed by atoms with Gasteiger partial charge in [-0.3, -0.25) is 9.78 Å². The minimum Gasteiger partial charge on any atom is -0.370 e. The van der Waals surface area contributed by atoms with Crippen LogP contribution in [0.5, 0.6) is 0 Å². The Bertz CT molecular complexity index is 827. The first kappa shape index (κ1) is 16.0. The van der Waals surface area contributed by atoms with Gasteiger partial charge in [0.15, 0.2) is 0 Å². The van der Waals surface area contributed by atoms with Crippen LogP contribution in [0.2, 0.25) is 0 Å². The van der Waals surface area contributed by atoms with Gasteiger partial charge in [-0.05, 0) is 31.2 Å². The van der Waals surface area contributed by atoms with Crippen LogP contribution in [-0.2, 0) is 0 Å². The quantitative estimate of drug-likeness (QED) is 0.783. The molecule has 0 bridgehead atoms. The topological polar surface area (TPSA) is 45.2 Å². The lowest BCUT2D eigenvalue weighted by Crippen LogP contribution is -2.40. The van der Waals surface area contributed by atoms with E-state index in [0.29, 0.717) is 12.1 Å². The lowest BCUT2D eigenvalue weighted by molar-refractivity contribution is 0.0953. The third kappa shape index (κ3) is 3.38. The van der Waals surface area contributed by atoms with Crippen molar-refractivity contribution in [3.8, 4) is 0 Å². The summed E-state index contributed by atoms with van der Waals surface area (Å²) >= 11 is 0. The predicted molar refractivity (Wildman–Crippen MR) is 98.4 cm³/mol. The SMILES string of the molecule is C[C@H](CNC(=O)c1cccc2cccnc12)N(C)c1ccccc1. The Labute approximate surface area is 142 Å². The first-order valence-electron chi connectivity index (χ1n) is 8.06. The van der Waals surface area contributed by atoms with Crippen LogP contribution < -0.4 is 10.2 Å². The number of fused-ring (bicyclic) bond motifs is 1. The Morgan fingerprint density at radius 3 is 2.62 bits per heavy atom. The highest BCUT2D eigenvalue weighted by Gasteiger charge is 2.14. The molecule has 0 saturated carbocycles. The fraction of sp³-hybridized carbons (Fsp3) is 0.200. The molecule has 1 aromatic heterocycles. The summed E-state index contributed by atoms with van der Waals surface area (Å²) < 4.78 is 0. The molecule has 0 radical (unpaired) electrons. The van der Waals surface area contributed by atoms with E-state index in [-0.39, 0.29) is 11.9 Å². The van der Waals surface area contributed by atoms with Crippen LogP contribution in [0.1, 0.15) is 17.3 Å². The summed E-state index contributed by atoms with van der Waals surface area (Å²) in [6, 6.07) is 19.8. The molecule has 0 fully saturated rings. The summed E-state index contributed by atoms with van der Waals surface area (Å²) in [7, 11) is 2.03. The summed E-state index contributed by atoms with van der Waals surface area (Å²) in [6.07, 6.45) is 1.71. The zero-order valence-electron chi connectivity index (χ0n) is 13.9. The van der Waals surface area contributed by atoms with Gasteiger partial charge in [0.05, 0.1) is 11.1 Å². The molecule has 1 N–H and O–H groups in total. The summed E-state index contributed by atoms with van der Waals surface area (Å²) in [6.45, 7) is 2.65. The van der Waals surface area contributed by atoms with Gasteiger partial charge < -0.3 is 10.2 Å². The summed E-state index contributed by atoms with van der Waals surface area (Å²) in [4.78, 5) is 19.0. The van der Waals surface area contributed by atoms with E-state index in [9.17, 15) is 4.79 Å². The Morgan fingerprint density at radius 1 is 1.08 bits per heavy atom. The first-order valence-corrected chi connectivity index (χ1v) is 8.06. The first-order chi connectivity index (χ1) is 11.7. The van der Waals surface area contributed by atoms with E-state index in [1.165, 1.54) is 0 Å². The average Bonchev–Trinajstić information content (AvgIpc) is 2.65. The van der Waals surface area contributed by atoms with E-state index in [1.807, 2.05) is 55.6 Å². The van der Waals surface area contributed by atoms with Crippen molar-refractivity contribution in [1.82, 2.24) is 10.3 Å². The van der Waals surface area contributed by atoms with E-state index >= 15 is 0 Å². The number of anilines is 1. The Morgan fingerprint density at radius 2 is 1.83 bits per heavy atom. The summed E-state index contributed by atoms with van der Waals surface area (Å²) in [5, 5.41) is 3.99. The van der Waals surface area contributed by atoms with Crippen LogP contribution in [-0.4, -0.2) is 30.5 Å². The van der Waals surface area contributed by atoms with Crippen molar-refractivity contribution in [3.63, 3.8) is 0 Å². The predicted octanol–water partition coefficient (Wildman–Crippen LogP) is 3.49. The van der Waals surface area contributed by atoms with Crippen LogP contribution in [0.4, 0.5) is 5.69 Å². The van der Waals surface area contributed by atoms with Gasteiger partial charge in [0, 0.05) is 36.9 Å². The molecule has 1 amide bonds. The monoisotopic (exact) mass is 319 g/mol. The van der Waals surface area contributed by atoms with Crippen molar-refractivity contribution in [2.75, 3.05) is 18.5 Å². The van der Waals surface area contributed by atoms with Gasteiger partial charge in [-0.2, -0.15) is 0 Å². The number of amides is 1. The normalized spacial score (nSPS) is 11.9. The molecule has 0 aliphatic rings. The van der Waals surface area contributed by atoms with Gasteiger partial charge in [-0.15, -0.1) is 0 Å².